The van der Waals surface area contributed by atoms with Crippen molar-refractivity contribution >= 4 is 11.7 Å². The topological polar surface area (TPSA) is 81.1 Å². The number of hydrogen-bond donors (Lipinski definition) is 1. The summed E-state index contributed by atoms with van der Waals surface area (Å²) in [5, 5.41) is 10.5. The molecule has 2 atom stereocenters. The van der Waals surface area contributed by atoms with Crippen LogP contribution in [0.3, 0.4) is 0 Å². The zero-order valence-corrected chi connectivity index (χ0v) is 17.6. The Morgan fingerprint density at radius 3 is 2.69 bits per heavy atom. The number of hydrogen-bond acceptors (Lipinski definition) is 6. The van der Waals surface area contributed by atoms with Crippen molar-refractivity contribution < 1.29 is 28.5 Å². The highest BCUT2D eigenvalue weighted by atomic mass is 19.1. The first kappa shape index (κ1) is 21.7. The van der Waals surface area contributed by atoms with E-state index in [0.29, 0.717) is 25.1 Å². The quantitative estimate of drug-likeness (QED) is 0.825. The molecule has 1 fully saturated rings. The monoisotopic (exact) mass is 408 g/mol. The summed E-state index contributed by atoms with van der Waals surface area (Å²) in [7, 11) is 0. The Hall–Kier alpha value is -2.03. The summed E-state index contributed by atoms with van der Waals surface area (Å²) in [6, 6.07) is 1.28. The summed E-state index contributed by atoms with van der Waals surface area (Å²) in [4.78, 5) is 17.9. The lowest BCUT2D eigenvalue weighted by Gasteiger charge is -2.29. The molecule has 2 aliphatic rings. The van der Waals surface area contributed by atoms with Crippen molar-refractivity contribution in [2.24, 2.45) is 0 Å². The van der Waals surface area contributed by atoms with Crippen LogP contribution in [0.4, 0.5) is 9.18 Å². The number of amides is 1. The summed E-state index contributed by atoms with van der Waals surface area (Å²) in [6.45, 7) is 9.95. The fraction of sp³-hybridized carbons (Fsp3) is 0.619. The average Bonchev–Trinajstić information content (AvgIpc) is 2.99. The zero-order chi connectivity index (χ0) is 21.4. The van der Waals surface area contributed by atoms with E-state index >= 15 is 0 Å². The van der Waals surface area contributed by atoms with Gasteiger partial charge in [0.1, 0.15) is 29.3 Å². The van der Waals surface area contributed by atoms with Crippen LogP contribution >= 0.6 is 0 Å². The van der Waals surface area contributed by atoms with Gasteiger partial charge in [-0.1, -0.05) is 6.08 Å². The number of carbonyl (C=O) groups is 1. The van der Waals surface area contributed by atoms with Crippen molar-refractivity contribution in [2.75, 3.05) is 19.7 Å². The molecule has 1 N–H and O–H groups in total. The summed E-state index contributed by atoms with van der Waals surface area (Å²) >= 11 is 0. The van der Waals surface area contributed by atoms with E-state index in [1.807, 2.05) is 20.8 Å². The molecular formula is C21H29FN2O5. The zero-order valence-electron chi connectivity index (χ0n) is 17.6. The third-order valence-electron chi connectivity index (χ3n) is 4.75. The lowest BCUT2D eigenvalue weighted by Crippen LogP contribution is -2.39. The van der Waals surface area contributed by atoms with E-state index in [1.54, 1.807) is 24.8 Å². The van der Waals surface area contributed by atoms with Crippen molar-refractivity contribution in [3.05, 3.63) is 35.4 Å². The molecule has 29 heavy (non-hydrogen) atoms. The number of ether oxygens (including phenoxy) is 3. The number of pyridine rings is 1. The van der Waals surface area contributed by atoms with Gasteiger partial charge < -0.3 is 24.2 Å². The fourth-order valence-electron chi connectivity index (χ4n) is 3.31. The highest BCUT2D eigenvalue weighted by molar-refractivity contribution is 5.72. The number of aromatic nitrogens is 1. The highest BCUT2D eigenvalue weighted by Gasteiger charge is 2.37. The standard InChI is InChI=1S/C21H29FN2O5/c1-20(2,3)29-19(26)24-8-6-13(7-9-24)17-15(22)10-14(11-23-17)18(25)16-12-27-21(4,5)28-16/h6,10-11,16,18,25H,7-9,12H2,1-5H3/t16-,18-/m0/s1. The lowest BCUT2D eigenvalue weighted by atomic mass is 10.0. The molecule has 0 aliphatic carbocycles. The fourth-order valence-corrected chi connectivity index (χ4v) is 3.31. The van der Waals surface area contributed by atoms with Gasteiger partial charge in [0, 0.05) is 24.8 Å². The van der Waals surface area contributed by atoms with Gasteiger partial charge in [0.25, 0.3) is 0 Å². The van der Waals surface area contributed by atoms with Crippen LogP contribution in [0.15, 0.2) is 18.3 Å². The maximum Gasteiger partial charge on any atom is 0.410 e. The van der Waals surface area contributed by atoms with Crippen molar-refractivity contribution in [3.8, 4) is 0 Å². The smallest absolute Gasteiger partial charge is 0.410 e. The van der Waals surface area contributed by atoms with E-state index in [2.05, 4.69) is 4.98 Å². The Morgan fingerprint density at radius 2 is 2.17 bits per heavy atom. The maximum absolute atomic E-state index is 14.7. The number of rotatable bonds is 3. The van der Waals surface area contributed by atoms with Gasteiger partial charge in [-0.05, 0) is 52.7 Å². The first-order chi connectivity index (χ1) is 13.5. The van der Waals surface area contributed by atoms with Gasteiger partial charge in [0.2, 0.25) is 0 Å². The predicted octanol–water partition coefficient (Wildman–Crippen LogP) is 3.43. The van der Waals surface area contributed by atoms with Crippen LogP contribution in [0.25, 0.3) is 5.57 Å². The van der Waals surface area contributed by atoms with Gasteiger partial charge in [-0.25, -0.2) is 9.18 Å². The highest BCUT2D eigenvalue weighted by Crippen LogP contribution is 2.32. The number of aliphatic hydroxyl groups excluding tert-OH is 1. The Morgan fingerprint density at radius 1 is 1.45 bits per heavy atom. The van der Waals surface area contributed by atoms with Crippen LogP contribution in [-0.2, 0) is 14.2 Å². The van der Waals surface area contributed by atoms with Gasteiger partial charge in [0.15, 0.2) is 5.79 Å². The minimum atomic E-state index is -1.03. The Labute approximate surface area is 170 Å². The molecule has 3 heterocycles. The number of halogens is 1. The Balaban J connectivity index is 1.67. The van der Waals surface area contributed by atoms with Gasteiger partial charge >= 0.3 is 6.09 Å². The SMILES string of the molecule is CC(C)(C)OC(=O)N1CC=C(c2ncc([C@H](O)[C@@H]3COC(C)(C)O3)cc2F)CC1. The van der Waals surface area contributed by atoms with Gasteiger partial charge in [-0.2, -0.15) is 0 Å². The second-order valence-electron chi connectivity index (χ2n) is 8.82. The molecule has 0 saturated carbocycles. The molecule has 1 amide bonds. The molecule has 1 saturated heterocycles. The first-order valence-corrected chi connectivity index (χ1v) is 9.78. The molecule has 0 spiro atoms. The van der Waals surface area contributed by atoms with Crippen LogP contribution in [-0.4, -0.2) is 58.3 Å². The Bertz CT molecular complexity index is 803. The second kappa shape index (κ2) is 8.01. The van der Waals surface area contributed by atoms with Gasteiger partial charge in [-0.3, -0.25) is 4.98 Å². The van der Waals surface area contributed by atoms with Crippen molar-refractivity contribution in [1.29, 1.82) is 0 Å². The van der Waals surface area contributed by atoms with E-state index in [4.69, 9.17) is 14.2 Å². The molecule has 1 aromatic heterocycles. The molecular weight excluding hydrogens is 379 g/mol. The molecule has 0 unspecified atom stereocenters. The van der Waals surface area contributed by atoms with Crippen molar-refractivity contribution in [3.63, 3.8) is 0 Å². The molecule has 0 aromatic carbocycles. The van der Waals surface area contributed by atoms with Crippen LogP contribution in [0.1, 0.15) is 58.4 Å². The van der Waals surface area contributed by atoms with E-state index in [9.17, 15) is 14.3 Å². The van der Waals surface area contributed by atoms with Crippen LogP contribution in [0.5, 0.6) is 0 Å². The summed E-state index contributed by atoms with van der Waals surface area (Å²) < 4.78 is 31.2. The summed E-state index contributed by atoms with van der Waals surface area (Å²) in [5.41, 5.74) is 0.734. The molecule has 0 radical (unpaired) electrons. The summed E-state index contributed by atoms with van der Waals surface area (Å²) in [5.74, 6) is -1.29. The predicted molar refractivity (Wildman–Crippen MR) is 104 cm³/mol. The summed E-state index contributed by atoms with van der Waals surface area (Å²) in [6.07, 6.45) is 1.72. The minimum absolute atomic E-state index is 0.225. The van der Waals surface area contributed by atoms with E-state index < -0.39 is 29.4 Å². The molecule has 3 rings (SSSR count). The second-order valence-corrected chi connectivity index (χ2v) is 8.82. The minimum Gasteiger partial charge on any atom is -0.444 e. The van der Waals surface area contributed by atoms with Crippen LogP contribution in [0, 0.1) is 5.82 Å². The third-order valence-corrected chi connectivity index (χ3v) is 4.75. The van der Waals surface area contributed by atoms with E-state index in [-0.39, 0.29) is 18.4 Å². The normalized spacial score (nSPS) is 22.9. The maximum atomic E-state index is 14.7. The lowest BCUT2D eigenvalue weighted by molar-refractivity contribution is -0.151. The number of nitrogens with zero attached hydrogens (tertiary/aromatic N) is 2. The number of aliphatic hydroxyl groups is 1. The van der Waals surface area contributed by atoms with Gasteiger partial charge in [-0.15, -0.1) is 0 Å². The van der Waals surface area contributed by atoms with E-state index in [1.165, 1.54) is 12.3 Å². The average molecular weight is 408 g/mol. The first-order valence-electron chi connectivity index (χ1n) is 9.78. The van der Waals surface area contributed by atoms with Gasteiger partial charge in [0.05, 0.1) is 6.61 Å². The Kier molecular flexibility index (Phi) is 5.98. The molecule has 7 nitrogen and oxygen atoms in total. The number of carbonyl (C=O) groups excluding carboxylic acids is 1. The van der Waals surface area contributed by atoms with Crippen molar-refractivity contribution in [1.82, 2.24) is 9.88 Å². The largest absolute Gasteiger partial charge is 0.444 e. The van der Waals surface area contributed by atoms with Crippen LogP contribution < -0.4 is 0 Å². The molecule has 0 bridgehead atoms. The molecule has 1 aromatic rings. The molecule has 8 heteroatoms. The third kappa shape index (κ3) is 5.32. The van der Waals surface area contributed by atoms with Crippen LogP contribution in [0.2, 0.25) is 0 Å². The molecule has 160 valence electrons. The van der Waals surface area contributed by atoms with E-state index in [0.717, 1.165) is 5.57 Å². The van der Waals surface area contributed by atoms with Crippen molar-refractivity contribution in [2.45, 2.75) is 64.6 Å². The molecule has 2 aliphatic heterocycles.